The molecule has 2 rings (SSSR count). The number of hydrogen-bond acceptors (Lipinski definition) is 7. The van der Waals surface area contributed by atoms with Crippen LogP contribution in [0.5, 0.6) is 0 Å². The number of nitrogens with zero attached hydrogens (tertiary/aromatic N) is 1. The third-order valence-corrected chi connectivity index (χ3v) is 4.29. The number of aliphatic hydroxyl groups excluding tert-OH is 1. The van der Waals surface area contributed by atoms with E-state index in [4.69, 9.17) is 32.7 Å². The number of aliphatic hydroxyl groups is 1. The number of benzene rings is 2. The van der Waals surface area contributed by atoms with Gasteiger partial charge in [-0.1, -0.05) is 28.4 Å². The van der Waals surface area contributed by atoms with Crippen molar-refractivity contribution in [3.05, 3.63) is 69.7 Å². The molecule has 2 aromatic carbocycles. The quantitative estimate of drug-likeness (QED) is 0.350. The molecule has 0 amide bonds. The van der Waals surface area contributed by atoms with Gasteiger partial charge in [0.05, 0.1) is 17.3 Å². The molecule has 0 fully saturated rings. The van der Waals surface area contributed by atoms with Gasteiger partial charge in [-0.05, 0) is 48.5 Å². The Morgan fingerprint density at radius 2 is 1.53 bits per heavy atom. The van der Waals surface area contributed by atoms with Crippen LogP contribution in [0.4, 0.5) is 4.39 Å². The SMILES string of the molecule is CON=C[C@@H](F)[C@H](OC(=O)c1ccc(Cl)cc1)[C@H](O)COC(=O)c1ccc(Cl)cc1. The van der Waals surface area contributed by atoms with Crippen molar-refractivity contribution >= 4 is 41.4 Å². The van der Waals surface area contributed by atoms with Crippen LogP contribution in [-0.2, 0) is 14.3 Å². The molecule has 0 radical (unpaired) electrons. The summed E-state index contributed by atoms with van der Waals surface area (Å²) in [5.74, 6) is -1.68. The van der Waals surface area contributed by atoms with Crippen LogP contribution in [0.3, 0.4) is 0 Å². The van der Waals surface area contributed by atoms with Crippen LogP contribution < -0.4 is 0 Å². The summed E-state index contributed by atoms with van der Waals surface area (Å²) < 4.78 is 24.6. The van der Waals surface area contributed by atoms with Crippen molar-refractivity contribution in [1.82, 2.24) is 0 Å². The van der Waals surface area contributed by atoms with Crippen LogP contribution in [0, 0.1) is 0 Å². The van der Waals surface area contributed by atoms with E-state index in [-0.39, 0.29) is 11.1 Å². The van der Waals surface area contributed by atoms with Gasteiger partial charge >= 0.3 is 11.9 Å². The maximum Gasteiger partial charge on any atom is 0.338 e. The van der Waals surface area contributed by atoms with E-state index in [1.807, 2.05) is 0 Å². The summed E-state index contributed by atoms with van der Waals surface area (Å²) in [6, 6.07) is 11.5. The number of carbonyl (C=O) groups excluding carboxylic acids is 2. The highest BCUT2D eigenvalue weighted by Crippen LogP contribution is 2.16. The van der Waals surface area contributed by atoms with Gasteiger partial charge in [0.2, 0.25) is 0 Å². The van der Waals surface area contributed by atoms with E-state index in [0.717, 1.165) is 0 Å². The van der Waals surface area contributed by atoms with Crippen molar-refractivity contribution in [3.8, 4) is 0 Å². The van der Waals surface area contributed by atoms with Gasteiger partial charge in [0.15, 0.2) is 12.3 Å². The van der Waals surface area contributed by atoms with Crippen LogP contribution in [0.25, 0.3) is 0 Å². The third kappa shape index (κ3) is 6.98. The van der Waals surface area contributed by atoms with Crippen LogP contribution in [-0.4, -0.2) is 55.4 Å². The van der Waals surface area contributed by atoms with Crippen LogP contribution in [0.15, 0.2) is 53.7 Å². The van der Waals surface area contributed by atoms with Crippen LogP contribution in [0.1, 0.15) is 20.7 Å². The lowest BCUT2D eigenvalue weighted by atomic mass is 10.1. The Hall–Kier alpha value is -2.68. The maximum absolute atomic E-state index is 14.5. The first-order chi connectivity index (χ1) is 14.3. The third-order valence-electron chi connectivity index (χ3n) is 3.79. The smallest absolute Gasteiger partial charge is 0.338 e. The predicted octanol–water partition coefficient (Wildman–Crippen LogP) is 3.71. The summed E-state index contributed by atoms with van der Waals surface area (Å²) in [5.41, 5.74) is 0.268. The van der Waals surface area contributed by atoms with Gasteiger partial charge in [0.25, 0.3) is 0 Å². The van der Waals surface area contributed by atoms with Gasteiger partial charge in [-0.3, -0.25) is 0 Å². The van der Waals surface area contributed by atoms with Gasteiger partial charge in [0.1, 0.15) is 19.8 Å². The fourth-order valence-electron chi connectivity index (χ4n) is 2.26. The number of oxime groups is 1. The van der Waals surface area contributed by atoms with Gasteiger partial charge in [-0.2, -0.15) is 0 Å². The minimum absolute atomic E-state index is 0.0886. The van der Waals surface area contributed by atoms with Crippen LogP contribution >= 0.6 is 23.2 Å². The normalized spacial score (nSPS) is 14.0. The van der Waals surface area contributed by atoms with Crippen LogP contribution in [0.2, 0.25) is 10.0 Å². The lowest BCUT2D eigenvalue weighted by Crippen LogP contribution is -2.43. The number of rotatable bonds is 9. The highest BCUT2D eigenvalue weighted by Gasteiger charge is 2.33. The zero-order chi connectivity index (χ0) is 22.1. The van der Waals surface area contributed by atoms with E-state index < -0.39 is 36.9 Å². The summed E-state index contributed by atoms with van der Waals surface area (Å²) in [6.45, 7) is -0.638. The molecule has 30 heavy (non-hydrogen) atoms. The Labute approximate surface area is 181 Å². The molecule has 7 nitrogen and oxygen atoms in total. The predicted molar refractivity (Wildman–Crippen MR) is 109 cm³/mol. The second kappa shape index (κ2) is 11.5. The minimum Gasteiger partial charge on any atom is -0.459 e. The summed E-state index contributed by atoms with van der Waals surface area (Å²) in [4.78, 5) is 28.8. The Balaban J connectivity index is 2.07. The Morgan fingerprint density at radius 3 is 2.03 bits per heavy atom. The van der Waals surface area contributed by atoms with Crippen molar-refractivity contribution in [3.63, 3.8) is 0 Å². The maximum atomic E-state index is 14.5. The zero-order valence-electron chi connectivity index (χ0n) is 15.7. The lowest BCUT2D eigenvalue weighted by molar-refractivity contribution is -0.0594. The van der Waals surface area contributed by atoms with E-state index in [0.29, 0.717) is 16.3 Å². The molecule has 0 spiro atoms. The molecule has 10 heteroatoms. The molecule has 3 atom stereocenters. The van der Waals surface area contributed by atoms with E-state index >= 15 is 0 Å². The molecular weight excluding hydrogens is 440 g/mol. The molecule has 0 saturated carbocycles. The summed E-state index contributed by atoms with van der Waals surface area (Å²) in [7, 11) is 1.20. The molecule has 0 aliphatic rings. The first-order valence-electron chi connectivity index (χ1n) is 8.60. The van der Waals surface area contributed by atoms with Crippen molar-refractivity contribution in [1.29, 1.82) is 0 Å². The summed E-state index contributed by atoms with van der Waals surface area (Å²) in [5, 5.41) is 14.4. The van der Waals surface area contributed by atoms with Gasteiger partial charge in [-0.15, -0.1) is 0 Å². The fourth-order valence-corrected chi connectivity index (χ4v) is 2.51. The number of esters is 2. The monoisotopic (exact) mass is 457 g/mol. The standard InChI is InChI=1S/C20H18Cl2FNO6/c1-28-24-10-16(23)18(30-20(27)13-4-8-15(22)9-5-13)17(25)11-29-19(26)12-2-6-14(21)7-3-12/h2-10,16-18,25H,11H2,1H3/t16-,17-,18+/m1/s1. The van der Waals surface area contributed by atoms with Gasteiger partial charge in [-0.25, -0.2) is 14.0 Å². The van der Waals surface area contributed by atoms with Gasteiger partial charge in [0, 0.05) is 10.0 Å². The highest BCUT2D eigenvalue weighted by molar-refractivity contribution is 6.31. The number of hydrogen-bond donors (Lipinski definition) is 1. The first kappa shape index (κ1) is 23.6. The minimum atomic E-state index is -2.04. The number of alkyl halides is 1. The molecule has 0 saturated heterocycles. The average molecular weight is 458 g/mol. The fraction of sp³-hybridized carbons (Fsp3) is 0.250. The van der Waals surface area contributed by atoms with E-state index in [1.165, 1.54) is 55.6 Å². The first-order valence-corrected chi connectivity index (χ1v) is 9.35. The number of ether oxygens (including phenoxy) is 2. The molecule has 1 N–H and O–H groups in total. The molecule has 0 aliphatic heterocycles. The number of carbonyl (C=O) groups is 2. The Bertz CT molecular complexity index is 876. The lowest BCUT2D eigenvalue weighted by Gasteiger charge is -2.24. The molecule has 0 heterocycles. The van der Waals surface area contributed by atoms with Gasteiger partial charge < -0.3 is 19.4 Å². The molecule has 160 valence electrons. The van der Waals surface area contributed by atoms with E-state index in [9.17, 15) is 19.1 Å². The van der Waals surface area contributed by atoms with Crippen molar-refractivity contribution in [2.45, 2.75) is 18.4 Å². The molecule has 0 bridgehead atoms. The highest BCUT2D eigenvalue weighted by atomic mass is 35.5. The molecule has 0 unspecified atom stereocenters. The van der Waals surface area contributed by atoms with Crippen molar-refractivity contribution in [2.24, 2.45) is 5.16 Å². The van der Waals surface area contributed by atoms with Crippen molar-refractivity contribution < 1.29 is 33.4 Å². The molecular formula is C20H18Cl2FNO6. The zero-order valence-corrected chi connectivity index (χ0v) is 17.2. The Morgan fingerprint density at radius 1 is 1.03 bits per heavy atom. The molecule has 2 aromatic rings. The molecule has 0 aromatic heterocycles. The largest absolute Gasteiger partial charge is 0.459 e. The number of halogens is 3. The second-order valence-electron chi connectivity index (χ2n) is 5.93. The van der Waals surface area contributed by atoms with Crippen molar-refractivity contribution in [2.75, 3.05) is 13.7 Å². The summed E-state index contributed by atoms with van der Waals surface area (Å²) in [6.07, 6.45) is -4.73. The van der Waals surface area contributed by atoms with E-state index in [2.05, 4.69) is 9.99 Å². The Kier molecular flexibility index (Phi) is 9.04. The molecule has 0 aliphatic carbocycles. The average Bonchev–Trinajstić information content (AvgIpc) is 2.74. The second-order valence-corrected chi connectivity index (χ2v) is 6.80. The summed E-state index contributed by atoms with van der Waals surface area (Å²) >= 11 is 11.5. The van der Waals surface area contributed by atoms with E-state index in [1.54, 1.807) is 0 Å². The topological polar surface area (TPSA) is 94.4 Å².